The van der Waals surface area contributed by atoms with Gasteiger partial charge in [-0.1, -0.05) is 13.3 Å². The van der Waals surface area contributed by atoms with Crippen molar-refractivity contribution >= 4 is 11.7 Å². The molecule has 0 unspecified atom stereocenters. The van der Waals surface area contributed by atoms with Crippen LogP contribution in [0.25, 0.3) is 0 Å². The number of carbonyl (C=O) groups is 1. The molecule has 0 aliphatic rings. The van der Waals surface area contributed by atoms with Crippen molar-refractivity contribution in [3.8, 4) is 0 Å². The van der Waals surface area contributed by atoms with Crippen LogP contribution < -0.4 is 5.73 Å². The van der Waals surface area contributed by atoms with Crippen LogP contribution in [0.2, 0.25) is 0 Å². The largest absolute Gasteiger partial charge is 0.368 e. The van der Waals surface area contributed by atoms with Gasteiger partial charge in [-0.3, -0.25) is 10.2 Å². The van der Waals surface area contributed by atoms with E-state index in [1.54, 1.807) is 6.07 Å². The minimum absolute atomic E-state index is 0.00634. The lowest BCUT2D eigenvalue weighted by Crippen LogP contribution is -2.21. The lowest BCUT2D eigenvalue weighted by molar-refractivity contribution is 0.0974. The second-order valence-electron chi connectivity index (χ2n) is 3.06. The number of nitrogen functional groups attached to an aromatic ring is 1. The van der Waals surface area contributed by atoms with Gasteiger partial charge in [0.05, 0.1) is 0 Å². The fourth-order valence-corrected chi connectivity index (χ4v) is 1.07. The van der Waals surface area contributed by atoms with Crippen molar-refractivity contribution < 1.29 is 4.79 Å². The van der Waals surface area contributed by atoms with Crippen molar-refractivity contribution in [1.82, 2.24) is 9.78 Å². The highest BCUT2D eigenvalue weighted by atomic mass is 16.1. The van der Waals surface area contributed by atoms with Gasteiger partial charge in [0.2, 0.25) is 5.96 Å². The van der Waals surface area contributed by atoms with Gasteiger partial charge in [-0.25, -0.2) is 4.68 Å². The van der Waals surface area contributed by atoms with Crippen molar-refractivity contribution in [2.24, 2.45) is 5.73 Å². The predicted octanol–water partition coefficient (Wildman–Crippen LogP) is 0.998. The molecule has 0 aliphatic heterocycles. The molecule has 0 bridgehead atoms. The molecule has 0 radical (unpaired) electrons. The van der Waals surface area contributed by atoms with Gasteiger partial charge in [-0.2, -0.15) is 5.10 Å². The van der Waals surface area contributed by atoms with Crippen LogP contribution in [-0.2, 0) is 0 Å². The number of unbranched alkanes of at least 4 members (excludes halogenated alkanes) is 1. The van der Waals surface area contributed by atoms with Gasteiger partial charge in [0.15, 0.2) is 5.78 Å². The van der Waals surface area contributed by atoms with Crippen LogP contribution in [0.15, 0.2) is 12.3 Å². The zero-order chi connectivity index (χ0) is 10.6. The number of nitrogens with two attached hydrogens (primary N) is 1. The van der Waals surface area contributed by atoms with Crippen molar-refractivity contribution in [2.45, 2.75) is 26.2 Å². The van der Waals surface area contributed by atoms with E-state index in [1.165, 1.54) is 10.9 Å². The first-order valence-corrected chi connectivity index (χ1v) is 4.58. The zero-order valence-corrected chi connectivity index (χ0v) is 8.16. The van der Waals surface area contributed by atoms with Crippen LogP contribution in [0.3, 0.4) is 0 Å². The minimum Gasteiger partial charge on any atom is -0.368 e. The number of aromatic nitrogens is 2. The highest BCUT2D eigenvalue weighted by molar-refractivity contribution is 5.94. The van der Waals surface area contributed by atoms with Crippen LogP contribution in [0.1, 0.15) is 36.7 Å². The topological polar surface area (TPSA) is 84.8 Å². The summed E-state index contributed by atoms with van der Waals surface area (Å²) in [6.45, 7) is 2.03. The standard InChI is InChI=1S/C9H14N4O/c1-2-3-4-8(14)7-5-6-13(12-7)9(10)11/h5-6H,2-4H2,1H3,(H3,10,11). The highest BCUT2D eigenvalue weighted by Crippen LogP contribution is 2.03. The van der Waals surface area contributed by atoms with Gasteiger partial charge < -0.3 is 5.73 Å². The molecule has 3 N–H and O–H groups in total. The van der Waals surface area contributed by atoms with E-state index in [1.807, 2.05) is 6.92 Å². The fourth-order valence-electron chi connectivity index (χ4n) is 1.07. The number of hydrogen-bond acceptors (Lipinski definition) is 3. The van der Waals surface area contributed by atoms with Crippen LogP contribution in [0.4, 0.5) is 0 Å². The van der Waals surface area contributed by atoms with E-state index in [-0.39, 0.29) is 11.7 Å². The molecule has 0 amide bonds. The average molecular weight is 194 g/mol. The van der Waals surface area contributed by atoms with E-state index in [2.05, 4.69) is 5.10 Å². The summed E-state index contributed by atoms with van der Waals surface area (Å²) in [5.74, 6) is -0.175. The van der Waals surface area contributed by atoms with Crippen LogP contribution >= 0.6 is 0 Å². The number of rotatable bonds is 4. The zero-order valence-electron chi connectivity index (χ0n) is 8.16. The quantitative estimate of drug-likeness (QED) is 0.426. The van der Waals surface area contributed by atoms with Gasteiger partial charge in [0.25, 0.3) is 0 Å². The number of Topliss-reactive ketones (excluding diaryl/α,β-unsaturated/α-hetero) is 1. The molecule has 0 aromatic carbocycles. The maximum atomic E-state index is 11.5. The molecule has 76 valence electrons. The Balaban J connectivity index is 2.66. The molecule has 0 atom stereocenters. The van der Waals surface area contributed by atoms with E-state index >= 15 is 0 Å². The summed E-state index contributed by atoms with van der Waals surface area (Å²) in [4.78, 5) is 11.5. The van der Waals surface area contributed by atoms with Crippen LogP contribution in [-0.4, -0.2) is 21.5 Å². The number of nitrogens with zero attached hydrogens (tertiary/aromatic N) is 2. The third kappa shape index (κ3) is 2.42. The maximum absolute atomic E-state index is 11.5. The molecule has 5 heteroatoms. The number of nitrogens with one attached hydrogen (secondary N) is 1. The molecule has 0 saturated heterocycles. The predicted molar refractivity (Wildman–Crippen MR) is 53.4 cm³/mol. The molecule has 1 rings (SSSR count). The van der Waals surface area contributed by atoms with Crippen LogP contribution in [0, 0.1) is 5.41 Å². The number of hydrogen-bond donors (Lipinski definition) is 2. The first kappa shape index (κ1) is 10.4. The Morgan fingerprint density at radius 1 is 1.71 bits per heavy atom. The minimum atomic E-state index is -0.181. The maximum Gasteiger partial charge on any atom is 0.213 e. The molecule has 5 nitrogen and oxygen atoms in total. The summed E-state index contributed by atoms with van der Waals surface area (Å²) in [6.07, 6.45) is 3.87. The number of carbonyl (C=O) groups excluding carboxylic acids is 1. The lowest BCUT2D eigenvalue weighted by atomic mass is 10.1. The molecule has 0 spiro atoms. The first-order chi connectivity index (χ1) is 6.65. The third-order valence-electron chi connectivity index (χ3n) is 1.88. The average Bonchev–Trinajstić information content (AvgIpc) is 2.62. The van der Waals surface area contributed by atoms with Gasteiger partial charge in [0.1, 0.15) is 5.69 Å². The Labute approximate surface area is 82.4 Å². The molecule has 1 aromatic heterocycles. The van der Waals surface area contributed by atoms with E-state index in [4.69, 9.17) is 11.1 Å². The van der Waals surface area contributed by atoms with Gasteiger partial charge in [0, 0.05) is 12.6 Å². The molecular formula is C9H14N4O. The number of ketones is 1. The fraction of sp³-hybridized carbons (Fsp3) is 0.444. The SMILES string of the molecule is CCCCC(=O)c1ccn(C(=N)N)n1. The summed E-state index contributed by atoms with van der Waals surface area (Å²) >= 11 is 0. The summed E-state index contributed by atoms with van der Waals surface area (Å²) in [5.41, 5.74) is 5.58. The normalized spacial score (nSPS) is 10.1. The molecule has 14 heavy (non-hydrogen) atoms. The summed E-state index contributed by atoms with van der Waals surface area (Å²) in [6, 6.07) is 1.58. The Kier molecular flexibility index (Phi) is 3.39. The highest BCUT2D eigenvalue weighted by Gasteiger charge is 2.09. The third-order valence-corrected chi connectivity index (χ3v) is 1.88. The van der Waals surface area contributed by atoms with E-state index < -0.39 is 0 Å². The Morgan fingerprint density at radius 3 is 2.93 bits per heavy atom. The monoisotopic (exact) mass is 194 g/mol. The van der Waals surface area contributed by atoms with Crippen LogP contribution in [0.5, 0.6) is 0 Å². The van der Waals surface area contributed by atoms with Crippen molar-refractivity contribution in [1.29, 1.82) is 5.41 Å². The second-order valence-corrected chi connectivity index (χ2v) is 3.06. The molecule has 1 aromatic rings. The molecule has 0 aliphatic carbocycles. The smallest absolute Gasteiger partial charge is 0.213 e. The summed E-state index contributed by atoms with van der Waals surface area (Å²) < 4.78 is 1.18. The van der Waals surface area contributed by atoms with Crippen molar-refractivity contribution in [3.63, 3.8) is 0 Å². The molecule has 0 fully saturated rings. The lowest BCUT2D eigenvalue weighted by Gasteiger charge is -1.96. The second kappa shape index (κ2) is 4.55. The summed E-state index contributed by atoms with van der Waals surface area (Å²) in [7, 11) is 0. The first-order valence-electron chi connectivity index (χ1n) is 4.58. The molecule has 0 saturated carbocycles. The molecular weight excluding hydrogens is 180 g/mol. The van der Waals surface area contributed by atoms with E-state index in [9.17, 15) is 4.79 Å². The van der Waals surface area contributed by atoms with Gasteiger partial charge >= 0.3 is 0 Å². The van der Waals surface area contributed by atoms with Gasteiger partial charge in [-0.15, -0.1) is 0 Å². The van der Waals surface area contributed by atoms with E-state index in [0.717, 1.165) is 12.8 Å². The summed E-state index contributed by atoms with van der Waals surface area (Å²) in [5, 5.41) is 11.0. The molecule has 1 heterocycles. The van der Waals surface area contributed by atoms with Gasteiger partial charge in [-0.05, 0) is 12.5 Å². The van der Waals surface area contributed by atoms with E-state index in [0.29, 0.717) is 12.1 Å². The Hall–Kier alpha value is -1.65. The van der Waals surface area contributed by atoms with Crippen molar-refractivity contribution in [3.05, 3.63) is 18.0 Å². The Morgan fingerprint density at radius 2 is 2.43 bits per heavy atom. The Bertz CT molecular complexity index is 342. The van der Waals surface area contributed by atoms with Crippen molar-refractivity contribution in [2.75, 3.05) is 0 Å².